The highest BCUT2D eigenvalue weighted by atomic mass is 35.5. The Bertz CT molecular complexity index is 687. The van der Waals surface area contributed by atoms with Crippen molar-refractivity contribution < 1.29 is 0 Å². The van der Waals surface area contributed by atoms with Gasteiger partial charge in [0.05, 0.1) is 24.5 Å². The molecule has 0 saturated carbocycles. The lowest BCUT2D eigenvalue weighted by Gasteiger charge is -2.07. The summed E-state index contributed by atoms with van der Waals surface area (Å²) >= 11 is 5.64. The number of anilines is 1. The topological polar surface area (TPSA) is 84.7 Å². The van der Waals surface area contributed by atoms with Crippen LogP contribution in [0.4, 0.5) is 5.69 Å². The molecule has 2 aromatic rings. The predicted octanol–water partition coefficient (Wildman–Crippen LogP) is 1.40. The summed E-state index contributed by atoms with van der Waals surface area (Å²) in [4.78, 5) is 15.6. The molecular formula is C12H9ClN4O. The third kappa shape index (κ3) is 2.34. The van der Waals surface area contributed by atoms with Crippen molar-refractivity contribution in [2.75, 3.05) is 5.73 Å². The summed E-state index contributed by atoms with van der Waals surface area (Å²) in [6.07, 6.45) is 1.33. The number of rotatable bonds is 2. The van der Waals surface area contributed by atoms with Crippen molar-refractivity contribution in [2.24, 2.45) is 0 Å². The molecule has 0 saturated heterocycles. The Morgan fingerprint density at radius 1 is 1.50 bits per heavy atom. The number of nitrogens with two attached hydrogens (primary N) is 1. The highest BCUT2D eigenvalue weighted by Gasteiger charge is 2.06. The molecule has 0 aliphatic carbocycles. The first-order valence-corrected chi connectivity index (χ1v) is 5.49. The number of hydrogen-bond donors (Lipinski definition) is 1. The standard InChI is InChI=1S/C12H9ClN4O/c13-11-10(15)12(18)17(7-16-11)6-9-3-1-2-8(4-9)5-14/h1-4,7H,6,15H2. The number of nitrogens with zero attached hydrogens (tertiary/aromatic N) is 3. The van der Waals surface area contributed by atoms with Crippen molar-refractivity contribution >= 4 is 17.3 Å². The molecule has 0 atom stereocenters. The van der Waals surface area contributed by atoms with Crippen molar-refractivity contribution in [1.82, 2.24) is 9.55 Å². The Morgan fingerprint density at radius 3 is 3.00 bits per heavy atom. The number of halogens is 1. The third-order valence-corrected chi connectivity index (χ3v) is 2.73. The zero-order valence-electron chi connectivity index (χ0n) is 9.30. The second-order valence-electron chi connectivity index (χ2n) is 3.69. The summed E-state index contributed by atoms with van der Waals surface area (Å²) in [7, 11) is 0. The van der Waals surface area contributed by atoms with Crippen LogP contribution in [0, 0.1) is 11.3 Å². The maximum absolute atomic E-state index is 11.8. The van der Waals surface area contributed by atoms with E-state index in [4.69, 9.17) is 22.6 Å². The van der Waals surface area contributed by atoms with Crippen LogP contribution in [0.25, 0.3) is 0 Å². The minimum absolute atomic E-state index is 0.00188. The number of nitriles is 1. The van der Waals surface area contributed by atoms with Crippen LogP contribution < -0.4 is 11.3 Å². The fourth-order valence-corrected chi connectivity index (χ4v) is 1.66. The van der Waals surface area contributed by atoms with Gasteiger partial charge in [-0.2, -0.15) is 5.26 Å². The van der Waals surface area contributed by atoms with Gasteiger partial charge in [-0.1, -0.05) is 23.7 Å². The van der Waals surface area contributed by atoms with Gasteiger partial charge in [0.2, 0.25) is 0 Å². The second kappa shape index (κ2) is 4.90. The average molecular weight is 261 g/mol. The molecule has 18 heavy (non-hydrogen) atoms. The molecule has 2 N–H and O–H groups in total. The third-order valence-electron chi connectivity index (χ3n) is 2.43. The Kier molecular flexibility index (Phi) is 3.31. The summed E-state index contributed by atoms with van der Waals surface area (Å²) in [6, 6.07) is 9.01. The van der Waals surface area contributed by atoms with Gasteiger partial charge in [-0.15, -0.1) is 0 Å². The van der Waals surface area contributed by atoms with Crippen molar-refractivity contribution in [3.05, 3.63) is 57.2 Å². The van der Waals surface area contributed by atoms with E-state index >= 15 is 0 Å². The minimum Gasteiger partial charge on any atom is -0.392 e. The molecular weight excluding hydrogens is 252 g/mol. The van der Waals surface area contributed by atoms with Crippen molar-refractivity contribution in [3.63, 3.8) is 0 Å². The van der Waals surface area contributed by atoms with E-state index in [0.29, 0.717) is 12.1 Å². The monoisotopic (exact) mass is 260 g/mol. The number of hydrogen-bond acceptors (Lipinski definition) is 4. The molecule has 1 heterocycles. The molecule has 0 aliphatic rings. The molecule has 0 bridgehead atoms. The Balaban J connectivity index is 2.38. The van der Waals surface area contributed by atoms with E-state index in [2.05, 4.69) is 4.98 Å². The molecule has 0 spiro atoms. The average Bonchev–Trinajstić information content (AvgIpc) is 2.40. The molecule has 6 heteroatoms. The predicted molar refractivity (Wildman–Crippen MR) is 68.2 cm³/mol. The van der Waals surface area contributed by atoms with Gasteiger partial charge in [0, 0.05) is 0 Å². The van der Waals surface area contributed by atoms with E-state index in [9.17, 15) is 4.79 Å². The van der Waals surface area contributed by atoms with Gasteiger partial charge in [0.25, 0.3) is 5.56 Å². The molecule has 1 aromatic heterocycles. The van der Waals surface area contributed by atoms with Crippen LogP contribution in [0.5, 0.6) is 0 Å². The van der Waals surface area contributed by atoms with Gasteiger partial charge in [-0.3, -0.25) is 9.36 Å². The molecule has 0 aliphatic heterocycles. The summed E-state index contributed by atoms with van der Waals surface area (Å²) in [5, 5.41) is 8.80. The van der Waals surface area contributed by atoms with E-state index < -0.39 is 5.56 Å². The molecule has 5 nitrogen and oxygen atoms in total. The normalized spacial score (nSPS) is 10.0. The largest absolute Gasteiger partial charge is 0.392 e. The van der Waals surface area contributed by atoms with Crippen LogP contribution in [0.3, 0.4) is 0 Å². The van der Waals surface area contributed by atoms with Crippen LogP contribution >= 0.6 is 11.6 Å². The number of benzene rings is 1. The van der Waals surface area contributed by atoms with E-state index in [1.54, 1.807) is 18.2 Å². The van der Waals surface area contributed by atoms with Crippen LogP contribution in [-0.2, 0) is 6.54 Å². The quantitative estimate of drug-likeness (QED) is 0.827. The Morgan fingerprint density at radius 2 is 2.28 bits per heavy atom. The first kappa shape index (κ1) is 12.1. The van der Waals surface area contributed by atoms with Gasteiger partial charge in [0.1, 0.15) is 5.69 Å². The zero-order valence-corrected chi connectivity index (χ0v) is 10.1. The van der Waals surface area contributed by atoms with Gasteiger partial charge >= 0.3 is 0 Å². The van der Waals surface area contributed by atoms with Crippen molar-refractivity contribution in [1.29, 1.82) is 5.26 Å². The summed E-state index contributed by atoms with van der Waals surface area (Å²) < 4.78 is 1.34. The fraction of sp³-hybridized carbons (Fsp3) is 0.0833. The maximum Gasteiger partial charge on any atom is 0.278 e. The van der Waals surface area contributed by atoms with Crippen LogP contribution in [0.1, 0.15) is 11.1 Å². The van der Waals surface area contributed by atoms with E-state index in [1.165, 1.54) is 10.9 Å². The van der Waals surface area contributed by atoms with Crippen LogP contribution in [0.15, 0.2) is 35.4 Å². The van der Waals surface area contributed by atoms with E-state index in [0.717, 1.165) is 5.56 Å². The van der Waals surface area contributed by atoms with Crippen molar-refractivity contribution in [3.8, 4) is 6.07 Å². The SMILES string of the molecule is N#Cc1cccc(Cn2cnc(Cl)c(N)c2=O)c1. The maximum atomic E-state index is 11.8. The fourth-order valence-electron chi connectivity index (χ4n) is 1.53. The molecule has 0 fully saturated rings. The molecule has 90 valence electrons. The molecule has 0 unspecified atom stereocenters. The van der Waals surface area contributed by atoms with Crippen LogP contribution in [0.2, 0.25) is 5.15 Å². The Hall–Kier alpha value is -2.32. The van der Waals surface area contributed by atoms with Gasteiger partial charge in [-0.05, 0) is 17.7 Å². The summed E-state index contributed by atoms with van der Waals surface area (Å²) in [5.41, 5.74) is 6.40. The number of aromatic nitrogens is 2. The molecule has 2 rings (SSSR count). The van der Waals surface area contributed by atoms with E-state index in [-0.39, 0.29) is 10.8 Å². The van der Waals surface area contributed by atoms with Crippen molar-refractivity contribution in [2.45, 2.75) is 6.54 Å². The van der Waals surface area contributed by atoms with Gasteiger partial charge in [-0.25, -0.2) is 4.98 Å². The molecule has 0 radical (unpaired) electrons. The van der Waals surface area contributed by atoms with Crippen LogP contribution in [-0.4, -0.2) is 9.55 Å². The molecule has 1 aromatic carbocycles. The number of nitrogen functional groups attached to an aromatic ring is 1. The highest BCUT2D eigenvalue weighted by Crippen LogP contribution is 2.10. The lowest BCUT2D eigenvalue weighted by atomic mass is 10.1. The lowest BCUT2D eigenvalue weighted by Crippen LogP contribution is -2.24. The Labute approximate surface area is 108 Å². The lowest BCUT2D eigenvalue weighted by molar-refractivity contribution is 0.739. The van der Waals surface area contributed by atoms with Gasteiger partial charge < -0.3 is 5.73 Å². The second-order valence-corrected chi connectivity index (χ2v) is 4.05. The minimum atomic E-state index is -0.391. The first-order valence-electron chi connectivity index (χ1n) is 5.11. The molecule has 0 amide bonds. The zero-order chi connectivity index (χ0) is 13.1. The highest BCUT2D eigenvalue weighted by molar-refractivity contribution is 6.31. The summed E-state index contributed by atoms with van der Waals surface area (Å²) in [5.74, 6) is 0. The first-order chi connectivity index (χ1) is 8.61. The van der Waals surface area contributed by atoms with E-state index in [1.807, 2.05) is 12.1 Å². The summed E-state index contributed by atoms with van der Waals surface area (Å²) in [6.45, 7) is 0.294. The smallest absolute Gasteiger partial charge is 0.278 e. The van der Waals surface area contributed by atoms with Gasteiger partial charge in [0.15, 0.2) is 5.15 Å².